The van der Waals surface area contributed by atoms with Crippen molar-refractivity contribution in [3.8, 4) is 0 Å². The van der Waals surface area contributed by atoms with Crippen LogP contribution in [0, 0.1) is 13.8 Å². The zero-order valence-electron chi connectivity index (χ0n) is 8.48. The summed E-state index contributed by atoms with van der Waals surface area (Å²) in [7, 11) is 0. The zero-order valence-corrected chi connectivity index (χ0v) is 8.48. The summed E-state index contributed by atoms with van der Waals surface area (Å²) in [5.74, 6) is -1.04. The van der Waals surface area contributed by atoms with Crippen LogP contribution in [0.25, 0.3) is 11.0 Å². The number of aromatic carboxylic acids is 1. The molecule has 0 aliphatic rings. The van der Waals surface area contributed by atoms with Gasteiger partial charge in [-0.15, -0.1) is 0 Å². The minimum atomic E-state index is -1.04. The molecule has 0 saturated carbocycles. The number of carboxylic acid groups (broad SMARTS) is 1. The number of benzene rings is 1. The van der Waals surface area contributed by atoms with Gasteiger partial charge in [-0.05, 0) is 31.5 Å². The fourth-order valence-corrected chi connectivity index (χ4v) is 1.46. The lowest BCUT2D eigenvalue weighted by molar-refractivity contribution is 0.0689. The summed E-state index contributed by atoms with van der Waals surface area (Å²) in [6.07, 6.45) is 0. The van der Waals surface area contributed by atoms with E-state index in [1.165, 1.54) is 0 Å². The molecule has 4 heteroatoms. The summed E-state index contributed by atoms with van der Waals surface area (Å²) >= 11 is 0. The Balaban J connectivity index is 2.76. The molecule has 0 aliphatic heterocycles. The molecule has 1 aromatic heterocycles. The van der Waals surface area contributed by atoms with Crippen molar-refractivity contribution in [2.45, 2.75) is 13.8 Å². The summed E-state index contributed by atoms with van der Waals surface area (Å²) in [5, 5.41) is 8.88. The topological polar surface area (TPSA) is 63.1 Å². The number of rotatable bonds is 1. The molecule has 4 nitrogen and oxygen atoms in total. The number of aryl methyl sites for hydroxylation is 2. The minimum Gasteiger partial charge on any atom is -0.476 e. The number of carboxylic acids is 1. The van der Waals surface area contributed by atoms with Crippen LogP contribution < -0.4 is 0 Å². The molecular formula is C11H10N2O2. The highest BCUT2D eigenvalue weighted by molar-refractivity contribution is 5.89. The molecule has 15 heavy (non-hydrogen) atoms. The molecule has 2 rings (SSSR count). The van der Waals surface area contributed by atoms with Crippen LogP contribution in [0.3, 0.4) is 0 Å². The van der Waals surface area contributed by atoms with E-state index in [0.717, 1.165) is 11.1 Å². The largest absolute Gasteiger partial charge is 0.476 e. The zero-order chi connectivity index (χ0) is 11.0. The normalized spacial score (nSPS) is 10.5. The van der Waals surface area contributed by atoms with Crippen LogP contribution in [0.2, 0.25) is 0 Å². The van der Waals surface area contributed by atoms with Crippen molar-refractivity contribution in [3.63, 3.8) is 0 Å². The molecule has 76 valence electrons. The van der Waals surface area contributed by atoms with E-state index in [9.17, 15) is 4.79 Å². The van der Waals surface area contributed by atoms with Gasteiger partial charge in [0.15, 0.2) is 5.69 Å². The monoisotopic (exact) mass is 202 g/mol. The lowest BCUT2D eigenvalue weighted by atomic mass is 10.2. The Kier molecular flexibility index (Phi) is 2.11. The Morgan fingerprint density at radius 3 is 2.60 bits per heavy atom. The van der Waals surface area contributed by atoms with Gasteiger partial charge in [0, 0.05) is 0 Å². The third-order valence-corrected chi connectivity index (χ3v) is 2.20. The lowest BCUT2D eigenvalue weighted by Gasteiger charge is -2.02. The second-order valence-electron chi connectivity index (χ2n) is 3.45. The second kappa shape index (κ2) is 3.31. The molecular weight excluding hydrogens is 192 g/mol. The van der Waals surface area contributed by atoms with Crippen LogP contribution in [0.1, 0.15) is 21.7 Å². The van der Waals surface area contributed by atoms with E-state index >= 15 is 0 Å². The third kappa shape index (κ3) is 1.66. The molecule has 0 radical (unpaired) electrons. The van der Waals surface area contributed by atoms with Gasteiger partial charge in [-0.3, -0.25) is 0 Å². The number of fused-ring (bicyclic) bond motifs is 1. The van der Waals surface area contributed by atoms with E-state index in [-0.39, 0.29) is 5.69 Å². The Morgan fingerprint density at radius 2 is 1.93 bits per heavy atom. The van der Waals surface area contributed by atoms with Gasteiger partial charge in [-0.2, -0.15) is 0 Å². The van der Waals surface area contributed by atoms with E-state index < -0.39 is 5.97 Å². The molecule has 0 bridgehead atoms. The van der Waals surface area contributed by atoms with Gasteiger partial charge < -0.3 is 5.11 Å². The number of hydrogen-bond acceptors (Lipinski definition) is 3. The molecule has 2 aromatic rings. The summed E-state index contributed by atoms with van der Waals surface area (Å²) in [5.41, 5.74) is 2.90. The first-order valence-electron chi connectivity index (χ1n) is 4.56. The van der Waals surface area contributed by atoms with Crippen molar-refractivity contribution in [1.29, 1.82) is 0 Å². The van der Waals surface area contributed by atoms with Gasteiger partial charge in [-0.25, -0.2) is 14.8 Å². The van der Waals surface area contributed by atoms with Gasteiger partial charge in [0.2, 0.25) is 0 Å². The maximum atomic E-state index is 10.8. The Labute approximate surface area is 86.6 Å². The maximum Gasteiger partial charge on any atom is 0.356 e. The molecule has 1 N–H and O–H groups in total. The first-order valence-corrected chi connectivity index (χ1v) is 4.56. The average Bonchev–Trinajstić information content (AvgIpc) is 2.15. The van der Waals surface area contributed by atoms with Gasteiger partial charge in [0.25, 0.3) is 0 Å². The standard InChI is InChI=1S/C11H10N2O2/c1-6-3-4-8-9(5-6)12-7(2)10(13-8)11(14)15/h3-5H,1-2H3,(H,14,15). The van der Waals surface area contributed by atoms with Crippen LogP contribution in [0.4, 0.5) is 0 Å². The van der Waals surface area contributed by atoms with E-state index in [4.69, 9.17) is 5.11 Å². The number of nitrogens with zero attached hydrogens (tertiary/aromatic N) is 2. The van der Waals surface area contributed by atoms with Crippen LogP contribution in [0.15, 0.2) is 18.2 Å². The van der Waals surface area contributed by atoms with Crippen LogP contribution in [-0.2, 0) is 0 Å². The predicted molar refractivity (Wildman–Crippen MR) is 56.0 cm³/mol. The van der Waals surface area contributed by atoms with Crippen molar-refractivity contribution in [2.24, 2.45) is 0 Å². The second-order valence-corrected chi connectivity index (χ2v) is 3.45. The molecule has 0 fully saturated rings. The fourth-order valence-electron chi connectivity index (χ4n) is 1.46. The molecule has 0 unspecified atom stereocenters. The molecule has 0 atom stereocenters. The van der Waals surface area contributed by atoms with Crippen molar-refractivity contribution in [2.75, 3.05) is 0 Å². The highest BCUT2D eigenvalue weighted by atomic mass is 16.4. The van der Waals surface area contributed by atoms with Crippen LogP contribution in [-0.4, -0.2) is 21.0 Å². The molecule has 0 spiro atoms. The highest BCUT2D eigenvalue weighted by Gasteiger charge is 2.11. The van der Waals surface area contributed by atoms with Gasteiger partial charge in [-0.1, -0.05) is 6.07 Å². The molecule has 1 aromatic carbocycles. The number of carbonyl (C=O) groups is 1. The summed E-state index contributed by atoms with van der Waals surface area (Å²) < 4.78 is 0. The quantitative estimate of drug-likeness (QED) is 0.767. The first kappa shape index (κ1) is 9.58. The minimum absolute atomic E-state index is 0.0198. The van der Waals surface area contributed by atoms with Gasteiger partial charge >= 0.3 is 5.97 Å². The summed E-state index contributed by atoms with van der Waals surface area (Å²) in [6.45, 7) is 3.61. The molecule has 0 amide bonds. The number of hydrogen-bond donors (Lipinski definition) is 1. The first-order chi connectivity index (χ1) is 7.08. The molecule has 1 heterocycles. The van der Waals surface area contributed by atoms with Gasteiger partial charge in [0.05, 0.1) is 16.7 Å². The van der Waals surface area contributed by atoms with Crippen molar-refractivity contribution in [3.05, 3.63) is 35.2 Å². The third-order valence-electron chi connectivity index (χ3n) is 2.20. The van der Waals surface area contributed by atoms with Crippen LogP contribution in [0.5, 0.6) is 0 Å². The van der Waals surface area contributed by atoms with Crippen molar-refractivity contribution >= 4 is 17.0 Å². The number of aromatic nitrogens is 2. The summed E-state index contributed by atoms with van der Waals surface area (Å²) in [6, 6.07) is 5.56. The van der Waals surface area contributed by atoms with Gasteiger partial charge in [0.1, 0.15) is 0 Å². The molecule has 0 aliphatic carbocycles. The van der Waals surface area contributed by atoms with E-state index in [0.29, 0.717) is 11.2 Å². The van der Waals surface area contributed by atoms with Crippen LogP contribution >= 0.6 is 0 Å². The van der Waals surface area contributed by atoms with E-state index in [2.05, 4.69) is 9.97 Å². The smallest absolute Gasteiger partial charge is 0.356 e. The van der Waals surface area contributed by atoms with E-state index in [1.807, 2.05) is 19.1 Å². The Hall–Kier alpha value is -1.97. The van der Waals surface area contributed by atoms with Crippen molar-refractivity contribution in [1.82, 2.24) is 9.97 Å². The lowest BCUT2D eigenvalue weighted by Crippen LogP contribution is -2.05. The predicted octanol–water partition coefficient (Wildman–Crippen LogP) is 1.94. The van der Waals surface area contributed by atoms with Crippen molar-refractivity contribution < 1.29 is 9.90 Å². The maximum absolute atomic E-state index is 10.8. The SMILES string of the molecule is Cc1ccc2nc(C(=O)O)c(C)nc2c1. The fraction of sp³-hybridized carbons (Fsp3) is 0.182. The van der Waals surface area contributed by atoms with E-state index in [1.54, 1.807) is 13.0 Å². The Morgan fingerprint density at radius 1 is 1.20 bits per heavy atom. The Bertz CT molecular complexity index is 550. The molecule has 0 saturated heterocycles. The average molecular weight is 202 g/mol. The highest BCUT2D eigenvalue weighted by Crippen LogP contribution is 2.14. The summed E-state index contributed by atoms with van der Waals surface area (Å²) in [4.78, 5) is 19.1.